The summed E-state index contributed by atoms with van der Waals surface area (Å²) in [5.74, 6) is 0. The van der Waals surface area contributed by atoms with Gasteiger partial charge in [0.25, 0.3) is 5.69 Å². The third kappa shape index (κ3) is 2.64. The van der Waals surface area contributed by atoms with Crippen LogP contribution in [0.3, 0.4) is 0 Å². The van der Waals surface area contributed by atoms with Crippen LogP contribution in [0.1, 0.15) is 5.56 Å². The Morgan fingerprint density at radius 2 is 2.12 bits per heavy atom. The predicted octanol–water partition coefficient (Wildman–Crippen LogP) is 1.72. The molecule has 0 aliphatic rings. The lowest BCUT2D eigenvalue weighted by Crippen LogP contribution is -1.92. The van der Waals surface area contributed by atoms with Gasteiger partial charge in [-0.3, -0.25) is 10.1 Å². The summed E-state index contributed by atoms with van der Waals surface area (Å²) < 4.78 is 1.36. The second-order valence-electron chi connectivity index (χ2n) is 3.05. The molecule has 0 atom stereocenters. The summed E-state index contributed by atoms with van der Waals surface area (Å²) in [5, 5.41) is 22.1. The van der Waals surface area contributed by atoms with Gasteiger partial charge in [0.1, 0.15) is 12.7 Å². The van der Waals surface area contributed by atoms with E-state index in [0.717, 1.165) is 0 Å². The number of hydrogen-bond donors (Lipinski definition) is 0. The summed E-state index contributed by atoms with van der Waals surface area (Å²) in [6.45, 7) is 0. The van der Waals surface area contributed by atoms with Gasteiger partial charge in [0.2, 0.25) is 0 Å². The normalized spacial score (nSPS) is 10.9. The first-order chi connectivity index (χ1) is 8.16. The molecule has 0 fully saturated rings. The van der Waals surface area contributed by atoms with Crippen molar-refractivity contribution in [3.63, 3.8) is 0 Å². The predicted molar refractivity (Wildman–Crippen MR) is 61.1 cm³/mol. The molecule has 0 N–H and O–H groups in total. The fraction of sp³-hybridized carbons (Fsp3) is 0. The third-order valence-electron chi connectivity index (χ3n) is 1.93. The molecule has 2 aromatic rings. The van der Waals surface area contributed by atoms with Crippen LogP contribution in [-0.4, -0.2) is 26.0 Å². The number of non-ortho nitro benzene ring substituents is 1. The molecule has 0 bridgehead atoms. The Balaban J connectivity index is 2.31. The molecule has 1 heterocycles. The van der Waals surface area contributed by atoms with E-state index >= 15 is 0 Å². The topological polar surface area (TPSA) is 86.2 Å². The molecule has 2 rings (SSSR count). The molecule has 7 nitrogen and oxygen atoms in total. The van der Waals surface area contributed by atoms with Gasteiger partial charge < -0.3 is 0 Å². The monoisotopic (exact) mass is 251 g/mol. The van der Waals surface area contributed by atoms with Crippen LogP contribution in [0, 0.1) is 10.1 Å². The first kappa shape index (κ1) is 11.2. The maximum Gasteiger partial charge on any atom is 0.270 e. The first-order valence-corrected chi connectivity index (χ1v) is 4.87. The van der Waals surface area contributed by atoms with Crippen molar-refractivity contribution in [2.75, 3.05) is 0 Å². The molecular weight excluding hydrogens is 246 g/mol. The Labute approximate surface area is 101 Å². The summed E-state index contributed by atoms with van der Waals surface area (Å²) in [4.78, 5) is 10.1. The van der Waals surface area contributed by atoms with Crippen molar-refractivity contribution in [2.45, 2.75) is 0 Å². The molecule has 17 heavy (non-hydrogen) atoms. The molecule has 0 saturated heterocycles. The summed E-state index contributed by atoms with van der Waals surface area (Å²) in [7, 11) is 0. The minimum atomic E-state index is -0.494. The molecule has 1 aromatic heterocycles. The third-order valence-corrected chi connectivity index (χ3v) is 2.27. The molecule has 8 heteroatoms. The van der Waals surface area contributed by atoms with Gasteiger partial charge in [0.15, 0.2) is 0 Å². The van der Waals surface area contributed by atoms with Gasteiger partial charge in [-0.05, 0) is 6.07 Å². The quantitative estimate of drug-likeness (QED) is 0.472. The maximum absolute atomic E-state index is 10.6. The van der Waals surface area contributed by atoms with Crippen molar-refractivity contribution < 1.29 is 4.92 Å². The zero-order valence-corrected chi connectivity index (χ0v) is 9.15. The lowest BCUT2D eigenvalue weighted by atomic mass is 10.2. The second kappa shape index (κ2) is 4.71. The van der Waals surface area contributed by atoms with E-state index < -0.39 is 4.92 Å². The number of halogens is 1. The number of rotatable bonds is 3. The molecule has 0 saturated carbocycles. The summed E-state index contributed by atoms with van der Waals surface area (Å²) in [6.07, 6.45) is 4.18. The van der Waals surface area contributed by atoms with Crippen LogP contribution >= 0.6 is 11.6 Å². The van der Waals surface area contributed by atoms with Gasteiger partial charge in [-0.2, -0.15) is 5.10 Å². The minimum absolute atomic E-state index is 0.0420. The number of aromatic nitrogens is 3. The van der Waals surface area contributed by atoms with Gasteiger partial charge in [-0.15, -0.1) is 10.2 Å². The summed E-state index contributed by atoms with van der Waals surface area (Å²) in [5.41, 5.74) is 0.411. The standard InChI is InChI=1S/C9H6ClN5O2/c10-9-2-1-8(15(16)17)3-7(9)4-13-14-5-11-12-6-14/h1-6H/b13-4+. The smallest absolute Gasteiger partial charge is 0.258 e. The zero-order valence-electron chi connectivity index (χ0n) is 8.39. The fourth-order valence-electron chi connectivity index (χ4n) is 1.13. The van der Waals surface area contributed by atoms with E-state index in [1.807, 2.05) is 0 Å². The van der Waals surface area contributed by atoms with E-state index in [4.69, 9.17) is 11.6 Å². The van der Waals surface area contributed by atoms with Crippen molar-refractivity contribution in [1.29, 1.82) is 0 Å². The highest BCUT2D eigenvalue weighted by Crippen LogP contribution is 2.20. The van der Waals surface area contributed by atoms with Crippen LogP contribution < -0.4 is 0 Å². The van der Waals surface area contributed by atoms with Crippen molar-refractivity contribution in [3.8, 4) is 0 Å². The van der Waals surface area contributed by atoms with Crippen molar-refractivity contribution in [2.24, 2.45) is 5.10 Å². The molecule has 0 aliphatic heterocycles. The Morgan fingerprint density at radius 1 is 1.41 bits per heavy atom. The summed E-state index contributed by atoms with van der Waals surface area (Å²) in [6, 6.07) is 4.13. The second-order valence-corrected chi connectivity index (χ2v) is 3.46. The van der Waals surface area contributed by atoms with E-state index in [-0.39, 0.29) is 5.69 Å². The van der Waals surface area contributed by atoms with E-state index in [2.05, 4.69) is 15.3 Å². The number of benzene rings is 1. The molecule has 0 unspecified atom stereocenters. The minimum Gasteiger partial charge on any atom is -0.258 e. The molecular formula is C9H6ClN5O2. The zero-order chi connectivity index (χ0) is 12.3. The van der Waals surface area contributed by atoms with Gasteiger partial charge in [-0.1, -0.05) is 11.6 Å². The SMILES string of the molecule is O=[N+]([O-])c1ccc(Cl)c(/C=N/n2cnnc2)c1. The number of nitrogens with zero attached hydrogens (tertiary/aromatic N) is 5. The highest BCUT2D eigenvalue weighted by molar-refractivity contribution is 6.33. The first-order valence-electron chi connectivity index (χ1n) is 4.50. The van der Waals surface area contributed by atoms with Crippen LogP contribution in [0.25, 0.3) is 0 Å². The van der Waals surface area contributed by atoms with Crippen LogP contribution in [-0.2, 0) is 0 Å². The number of nitro groups is 1. The van der Waals surface area contributed by atoms with Crippen LogP contribution in [0.5, 0.6) is 0 Å². The van der Waals surface area contributed by atoms with E-state index in [1.165, 1.54) is 41.7 Å². The largest absolute Gasteiger partial charge is 0.270 e. The average Bonchev–Trinajstić information content (AvgIpc) is 2.80. The molecule has 0 aliphatic carbocycles. The Bertz CT molecular complexity index is 567. The van der Waals surface area contributed by atoms with Crippen LogP contribution in [0.15, 0.2) is 36.0 Å². The van der Waals surface area contributed by atoms with Crippen molar-refractivity contribution >= 4 is 23.5 Å². The Hall–Kier alpha value is -2.28. The lowest BCUT2D eigenvalue weighted by Gasteiger charge is -1.97. The molecule has 0 amide bonds. The van der Waals surface area contributed by atoms with Gasteiger partial charge in [0.05, 0.1) is 11.1 Å². The lowest BCUT2D eigenvalue weighted by molar-refractivity contribution is -0.384. The Kier molecular flexibility index (Phi) is 3.10. The van der Waals surface area contributed by atoms with E-state index in [1.54, 1.807) is 0 Å². The van der Waals surface area contributed by atoms with Crippen molar-refractivity contribution in [3.05, 3.63) is 51.6 Å². The van der Waals surface area contributed by atoms with E-state index in [9.17, 15) is 10.1 Å². The molecule has 0 radical (unpaired) electrons. The van der Waals surface area contributed by atoms with E-state index in [0.29, 0.717) is 10.6 Å². The highest BCUT2D eigenvalue weighted by atomic mass is 35.5. The highest BCUT2D eigenvalue weighted by Gasteiger charge is 2.08. The molecule has 86 valence electrons. The fourth-order valence-corrected chi connectivity index (χ4v) is 1.29. The van der Waals surface area contributed by atoms with Gasteiger partial charge >= 0.3 is 0 Å². The molecule has 0 spiro atoms. The van der Waals surface area contributed by atoms with Gasteiger partial charge in [-0.25, -0.2) is 4.68 Å². The number of hydrogen-bond acceptors (Lipinski definition) is 5. The van der Waals surface area contributed by atoms with Crippen LogP contribution in [0.4, 0.5) is 5.69 Å². The summed E-state index contributed by atoms with van der Waals surface area (Å²) >= 11 is 5.89. The van der Waals surface area contributed by atoms with Gasteiger partial charge in [0, 0.05) is 22.7 Å². The van der Waals surface area contributed by atoms with Crippen LogP contribution in [0.2, 0.25) is 5.02 Å². The van der Waals surface area contributed by atoms with Crippen molar-refractivity contribution in [1.82, 2.24) is 14.9 Å². The number of nitro benzene ring substituents is 1. The molecule has 1 aromatic carbocycles. The Morgan fingerprint density at radius 3 is 2.76 bits per heavy atom. The maximum atomic E-state index is 10.6. The average molecular weight is 252 g/mol.